The van der Waals surface area contributed by atoms with E-state index in [9.17, 15) is 9.59 Å². The second-order valence-corrected chi connectivity index (χ2v) is 10.2. The molecule has 36 heavy (non-hydrogen) atoms. The highest BCUT2D eigenvalue weighted by atomic mass is 79.9. The molecule has 1 fully saturated rings. The van der Waals surface area contributed by atoms with Gasteiger partial charge in [0.15, 0.2) is 11.5 Å². The number of imide groups is 1. The minimum atomic E-state index is -0.373. The monoisotopic (exact) mass is 587 g/mol. The van der Waals surface area contributed by atoms with Gasteiger partial charge in [-0.2, -0.15) is 0 Å². The Labute approximate surface area is 227 Å². The van der Waals surface area contributed by atoms with Crippen molar-refractivity contribution in [2.24, 2.45) is 0 Å². The fourth-order valence-corrected chi connectivity index (χ4v) is 5.09. The van der Waals surface area contributed by atoms with E-state index in [1.54, 1.807) is 43.5 Å². The average Bonchev–Trinajstić information content (AvgIpc) is 3.12. The number of methoxy groups -OCH3 is 1. The van der Waals surface area contributed by atoms with E-state index in [1.165, 1.54) is 10.5 Å². The van der Waals surface area contributed by atoms with Gasteiger partial charge >= 0.3 is 0 Å². The summed E-state index contributed by atoms with van der Waals surface area (Å²) < 4.78 is 17.8. The standard InChI is InChI=1S/C27H23BrClNO5S/c1-17-7-9-18(10-8-17)16-35-25-20(28)13-19(14-23(25)33-2)15-24-26(31)30(27(32)36-24)11-12-34-22-6-4-3-5-21(22)29/h3-10,13-15H,11-12,16H2,1-2H3/b24-15-. The summed E-state index contributed by atoms with van der Waals surface area (Å²) in [6, 6.07) is 18.7. The number of carbonyl (C=O) groups excluding carboxylic acids is 2. The lowest BCUT2D eigenvalue weighted by atomic mass is 10.1. The average molecular weight is 589 g/mol. The van der Waals surface area contributed by atoms with E-state index in [0.29, 0.717) is 43.8 Å². The molecule has 0 aromatic heterocycles. The molecular weight excluding hydrogens is 566 g/mol. The normalized spacial score (nSPS) is 14.4. The summed E-state index contributed by atoms with van der Waals surface area (Å²) in [5.41, 5.74) is 2.91. The molecule has 3 aromatic rings. The van der Waals surface area contributed by atoms with Crippen LogP contribution in [-0.2, 0) is 11.4 Å². The summed E-state index contributed by atoms with van der Waals surface area (Å²) in [5.74, 6) is 1.20. The Balaban J connectivity index is 1.44. The number of hydrogen-bond acceptors (Lipinski definition) is 6. The Morgan fingerprint density at radius 2 is 1.78 bits per heavy atom. The fraction of sp³-hybridized carbons (Fsp3) is 0.185. The van der Waals surface area contributed by atoms with Crippen molar-refractivity contribution in [3.8, 4) is 17.2 Å². The number of thioether (sulfide) groups is 1. The van der Waals surface area contributed by atoms with Crippen LogP contribution in [0.2, 0.25) is 5.02 Å². The maximum absolute atomic E-state index is 12.9. The molecule has 1 aliphatic heterocycles. The van der Waals surface area contributed by atoms with Gasteiger partial charge in [-0.25, -0.2) is 0 Å². The van der Waals surface area contributed by atoms with Crippen LogP contribution in [0.4, 0.5) is 4.79 Å². The molecule has 0 N–H and O–H groups in total. The van der Waals surface area contributed by atoms with Crippen molar-refractivity contribution in [2.75, 3.05) is 20.3 Å². The maximum Gasteiger partial charge on any atom is 0.293 e. The first-order valence-corrected chi connectivity index (χ1v) is 13.0. The quantitative estimate of drug-likeness (QED) is 0.248. The molecule has 0 unspecified atom stereocenters. The van der Waals surface area contributed by atoms with E-state index in [2.05, 4.69) is 15.9 Å². The van der Waals surface area contributed by atoms with Gasteiger partial charge in [-0.3, -0.25) is 14.5 Å². The molecule has 1 saturated heterocycles. The van der Waals surface area contributed by atoms with Crippen LogP contribution in [0.3, 0.4) is 0 Å². The highest BCUT2D eigenvalue weighted by Gasteiger charge is 2.35. The van der Waals surface area contributed by atoms with Gasteiger partial charge in [0.2, 0.25) is 0 Å². The Morgan fingerprint density at radius 1 is 1.03 bits per heavy atom. The number of hydrogen-bond donors (Lipinski definition) is 0. The van der Waals surface area contributed by atoms with Crippen molar-refractivity contribution in [2.45, 2.75) is 13.5 Å². The highest BCUT2D eigenvalue weighted by molar-refractivity contribution is 9.10. The van der Waals surface area contributed by atoms with Crippen LogP contribution in [0.25, 0.3) is 6.08 Å². The number of nitrogens with zero attached hydrogens (tertiary/aromatic N) is 1. The molecule has 1 aliphatic rings. The second kappa shape index (κ2) is 11.9. The number of amides is 2. The topological polar surface area (TPSA) is 65.1 Å². The first kappa shape index (κ1) is 26.1. The molecule has 0 spiro atoms. The minimum Gasteiger partial charge on any atom is -0.493 e. The van der Waals surface area contributed by atoms with Gasteiger partial charge in [-0.05, 0) is 76.1 Å². The number of halogens is 2. The van der Waals surface area contributed by atoms with Gasteiger partial charge in [-0.15, -0.1) is 0 Å². The van der Waals surface area contributed by atoms with E-state index in [0.717, 1.165) is 17.3 Å². The molecule has 9 heteroatoms. The minimum absolute atomic E-state index is 0.117. The van der Waals surface area contributed by atoms with Crippen LogP contribution in [0.15, 0.2) is 70.0 Å². The molecule has 6 nitrogen and oxygen atoms in total. The molecule has 0 atom stereocenters. The zero-order valence-electron chi connectivity index (χ0n) is 19.6. The summed E-state index contributed by atoms with van der Waals surface area (Å²) in [6.45, 7) is 2.67. The fourth-order valence-electron chi connectivity index (χ4n) is 3.46. The van der Waals surface area contributed by atoms with Crippen LogP contribution in [0, 0.1) is 6.92 Å². The van der Waals surface area contributed by atoms with Gasteiger partial charge in [0.1, 0.15) is 19.0 Å². The third-order valence-corrected chi connectivity index (χ3v) is 7.14. The van der Waals surface area contributed by atoms with Gasteiger partial charge in [-0.1, -0.05) is 53.6 Å². The zero-order chi connectivity index (χ0) is 25.7. The van der Waals surface area contributed by atoms with Gasteiger partial charge in [0, 0.05) is 0 Å². The molecular formula is C27H23BrClNO5S. The molecule has 0 saturated carbocycles. The smallest absolute Gasteiger partial charge is 0.293 e. The first-order chi connectivity index (χ1) is 17.4. The van der Waals surface area contributed by atoms with Crippen LogP contribution in [0.5, 0.6) is 17.2 Å². The van der Waals surface area contributed by atoms with Gasteiger partial charge in [0.05, 0.1) is 28.1 Å². The summed E-state index contributed by atoms with van der Waals surface area (Å²) in [4.78, 5) is 26.8. The predicted octanol–water partition coefficient (Wildman–Crippen LogP) is 7.11. The lowest BCUT2D eigenvalue weighted by Crippen LogP contribution is -2.32. The van der Waals surface area contributed by atoms with E-state index >= 15 is 0 Å². The number of rotatable bonds is 9. The molecule has 1 heterocycles. The van der Waals surface area contributed by atoms with E-state index in [1.807, 2.05) is 37.3 Å². The maximum atomic E-state index is 12.9. The van der Waals surface area contributed by atoms with E-state index in [4.69, 9.17) is 25.8 Å². The Morgan fingerprint density at radius 3 is 2.50 bits per heavy atom. The largest absolute Gasteiger partial charge is 0.493 e. The van der Waals surface area contributed by atoms with Crippen molar-refractivity contribution < 1.29 is 23.8 Å². The van der Waals surface area contributed by atoms with Crippen LogP contribution >= 0.6 is 39.3 Å². The number of benzene rings is 3. The second-order valence-electron chi connectivity index (χ2n) is 7.92. The number of para-hydroxylation sites is 1. The molecule has 0 aliphatic carbocycles. The van der Waals surface area contributed by atoms with Gasteiger partial charge < -0.3 is 14.2 Å². The third-order valence-electron chi connectivity index (χ3n) is 5.34. The van der Waals surface area contributed by atoms with Crippen molar-refractivity contribution in [3.05, 3.63) is 91.8 Å². The number of carbonyl (C=O) groups is 2. The van der Waals surface area contributed by atoms with E-state index < -0.39 is 0 Å². The summed E-state index contributed by atoms with van der Waals surface area (Å²) >= 11 is 10.5. The molecule has 0 bridgehead atoms. The Kier molecular flexibility index (Phi) is 8.61. The SMILES string of the molecule is COc1cc(/C=C2\SC(=O)N(CCOc3ccccc3Cl)C2=O)cc(Br)c1OCc1ccc(C)cc1. The summed E-state index contributed by atoms with van der Waals surface area (Å²) in [5, 5.41) is 0.121. The van der Waals surface area contributed by atoms with Crippen LogP contribution < -0.4 is 14.2 Å². The Bertz CT molecular complexity index is 1310. The molecule has 0 radical (unpaired) electrons. The predicted molar refractivity (Wildman–Crippen MR) is 146 cm³/mol. The highest BCUT2D eigenvalue weighted by Crippen LogP contribution is 2.39. The van der Waals surface area contributed by atoms with Crippen molar-refractivity contribution in [1.82, 2.24) is 4.90 Å². The van der Waals surface area contributed by atoms with Crippen LogP contribution in [-0.4, -0.2) is 36.3 Å². The zero-order valence-corrected chi connectivity index (χ0v) is 22.8. The number of ether oxygens (including phenoxy) is 3. The Hall–Kier alpha value is -2.94. The van der Waals surface area contributed by atoms with E-state index in [-0.39, 0.29) is 24.3 Å². The molecule has 3 aromatic carbocycles. The molecule has 2 amide bonds. The van der Waals surface area contributed by atoms with Crippen molar-refractivity contribution in [1.29, 1.82) is 0 Å². The third kappa shape index (κ3) is 6.24. The van der Waals surface area contributed by atoms with Gasteiger partial charge in [0.25, 0.3) is 11.1 Å². The van der Waals surface area contributed by atoms with Crippen molar-refractivity contribution >= 4 is 56.5 Å². The number of aryl methyl sites for hydroxylation is 1. The lowest BCUT2D eigenvalue weighted by Gasteiger charge is -2.14. The van der Waals surface area contributed by atoms with Crippen LogP contribution in [0.1, 0.15) is 16.7 Å². The summed E-state index contributed by atoms with van der Waals surface area (Å²) in [6.07, 6.45) is 1.66. The summed E-state index contributed by atoms with van der Waals surface area (Å²) in [7, 11) is 1.55. The molecule has 186 valence electrons. The van der Waals surface area contributed by atoms with Crippen molar-refractivity contribution in [3.63, 3.8) is 0 Å². The molecule has 4 rings (SSSR count). The lowest BCUT2D eigenvalue weighted by molar-refractivity contribution is -0.123. The first-order valence-electron chi connectivity index (χ1n) is 11.0.